The van der Waals surface area contributed by atoms with Gasteiger partial charge in [0.2, 0.25) is 0 Å². The van der Waals surface area contributed by atoms with Crippen LogP contribution in [0.15, 0.2) is 83.3 Å². The van der Waals surface area contributed by atoms with E-state index in [2.05, 4.69) is 16.0 Å². The summed E-state index contributed by atoms with van der Waals surface area (Å²) in [5, 5.41) is 9.46. The highest BCUT2D eigenvalue weighted by Crippen LogP contribution is 2.20. The van der Waals surface area contributed by atoms with Crippen LogP contribution in [0.1, 0.15) is 26.5 Å². The molecule has 154 valence electrons. The van der Waals surface area contributed by atoms with Crippen molar-refractivity contribution in [1.82, 2.24) is 5.32 Å². The molecule has 31 heavy (non-hydrogen) atoms. The Labute approximate surface area is 184 Å². The zero-order valence-corrected chi connectivity index (χ0v) is 17.5. The fourth-order valence-electron chi connectivity index (χ4n) is 3.05. The lowest BCUT2D eigenvalue weighted by atomic mass is 10.1. The van der Waals surface area contributed by atoms with Gasteiger partial charge in [0, 0.05) is 22.3 Å². The molecule has 0 aliphatic carbocycles. The predicted molar refractivity (Wildman–Crippen MR) is 125 cm³/mol. The molecule has 0 saturated heterocycles. The third-order valence-corrected chi connectivity index (χ3v) is 4.76. The van der Waals surface area contributed by atoms with E-state index < -0.39 is 0 Å². The number of para-hydroxylation sites is 1. The average molecular weight is 430 g/mol. The van der Waals surface area contributed by atoms with Crippen LogP contribution in [-0.2, 0) is 0 Å². The van der Waals surface area contributed by atoms with Crippen LogP contribution < -0.4 is 16.0 Å². The number of amides is 2. The van der Waals surface area contributed by atoms with Gasteiger partial charge in [-0.1, -0.05) is 35.9 Å². The zero-order valence-electron chi connectivity index (χ0n) is 16.6. The maximum absolute atomic E-state index is 12.4. The number of furan rings is 1. The van der Waals surface area contributed by atoms with Gasteiger partial charge in [-0.05, 0) is 67.7 Å². The number of nitrogens with one attached hydrogen (secondary N) is 3. The van der Waals surface area contributed by atoms with Crippen LogP contribution in [-0.4, -0.2) is 16.9 Å². The van der Waals surface area contributed by atoms with E-state index in [0.717, 1.165) is 10.9 Å². The topological polar surface area (TPSA) is 83.4 Å². The Morgan fingerprint density at radius 3 is 2.23 bits per heavy atom. The molecule has 7 heteroatoms. The van der Waals surface area contributed by atoms with Gasteiger partial charge in [-0.15, -0.1) is 0 Å². The first-order chi connectivity index (χ1) is 15.0. The van der Waals surface area contributed by atoms with Gasteiger partial charge in [-0.25, -0.2) is 0 Å². The maximum atomic E-state index is 12.4. The summed E-state index contributed by atoms with van der Waals surface area (Å²) in [6.45, 7) is 1.92. The summed E-state index contributed by atoms with van der Waals surface area (Å²) in [5.74, 6) is -0.378. The molecular weight excluding hydrogens is 410 g/mol. The summed E-state index contributed by atoms with van der Waals surface area (Å²) in [4.78, 5) is 24.7. The zero-order chi connectivity index (χ0) is 21.8. The highest BCUT2D eigenvalue weighted by molar-refractivity contribution is 7.80. The Morgan fingerprint density at radius 2 is 1.52 bits per heavy atom. The SMILES string of the molecule is Cc1cccc(C(=O)NC(=S)Nc2ccc(NC(=O)c3cc4ccccc4o3)cc2)c1. The normalized spacial score (nSPS) is 10.5. The van der Waals surface area contributed by atoms with Crippen molar-refractivity contribution in [2.75, 3.05) is 10.6 Å². The molecule has 0 aliphatic heterocycles. The number of carbonyl (C=O) groups is 2. The third kappa shape index (κ3) is 4.96. The number of aryl methyl sites for hydroxylation is 1. The van der Waals surface area contributed by atoms with Crippen LogP contribution in [0.4, 0.5) is 11.4 Å². The largest absolute Gasteiger partial charge is 0.451 e. The molecule has 0 radical (unpaired) electrons. The number of anilines is 2. The minimum atomic E-state index is -0.335. The predicted octanol–water partition coefficient (Wildman–Crippen LogP) is 5.12. The van der Waals surface area contributed by atoms with E-state index in [4.69, 9.17) is 16.6 Å². The van der Waals surface area contributed by atoms with E-state index in [1.165, 1.54) is 0 Å². The van der Waals surface area contributed by atoms with Crippen LogP contribution >= 0.6 is 12.2 Å². The van der Waals surface area contributed by atoms with Crippen LogP contribution in [0.5, 0.6) is 0 Å². The van der Waals surface area contributed by atoms with E-state index in [-0.39, 0.29) is 22.7 Å². The molecule has 0 unspecified atom stereocenters. The second-order valence-corrected chi connectivity index (χ2v) is 7.37. The minimum Gasteiger partial charge on any atom is -0.451 e. The number of fused-ring (bicyclic) bond motifs is 1. The summed E-state index contributed by atoms with van der Waals surface area (Å²) < 4.78 is 5.58. The molecule has 3 aromatic carbocycles. The van der Waals surface area contributed by atoms with E-state index in [9.17, 15) is 9.59 Å². The molecule has 1 heterocycles. The lowest BCUT2D eigenvalue weighted by Crippen LogP contribution is -2.34. The minimum absolute atomic E-state index is 0.186. The summed E-state index contributed by atoms with van der Waals surface area (Å²) in [5.41, 5.74) is 3.47. The number of thiocarbonyl (C=S) groups is 1. The van der Waals surface area contributed by atoms with Crippen LogP contribution in [0.2, 0.25) is 0 Å². The van der Waals surface area contributed by atoms with Crippen LogP contribution in [0.25, 0.3) is 11.0 Å². The van der Waals surface area contributed by atoms with Crippen molar-refractivity contribution in [3.63, 3.8) is 0 Å². The maximum Gasteiger partial charge on any atom is 0.291 e. The number of hydrogen-bond acceptors (Lipinski definition) is 4. The van der Waals surface area contributed by atoms with Gasteiger partial charge in [0.05, 0.1) is 0 Å². The highest BCUT2D eigenvalue weighted by Gasteiger charge is 2.12. The Hall–Kier alpha value is -3.97. The van der Waals surface area contributed by atoms with Gasteiger partial charge in [0.25, 0.3) is 11.8 Å². The Balaban J connectivity index is 1.34. The molecule has 4 rings (SSSR count). The van der Waals surface area contributed by atoms with Crippen molar-refractivity contribution < 1.29 is 14.0 Å². The van der Waals surface area contributed by atoms with E-state index in [0.29, 0.717) is 22.5 Å². The molecule has 0 bridgehead atoms. The number of benzene rings is 3. The summed E-state index contributed by atoms with van der Waals surface area (Å²) in [7, 11) is 0. The summed E-state index contributed by atoms with van der Waals surface area (Å²) in [6.07, 6.45) is 0. The first-order valence-corrected chi connectivity index (χ1v) is 9.98. The molecule has 3 N–H and O–H groups in total. The summed E-state index contributed by atoms with van der Waals surface area (Å²) >= 11 is 5.22. The summed E-state index contributed by atoms with van der Waals surface area (Å²) in [6, 6.07) is 23.4. The number of rotatable bonds is 4. The van der Waals surface area contributed by atoms with Gasteiger partial charge in [0.1, 0.15) is 5.58 Å². The molecule has 0 atom stereocenters. The monoisotopic (exact) mass is 429 g/mol. The molecular formula is C24H19N3O3S. The van der Waals surface area contributed by atoms with E-state index >= 15 is 0 Å². The van der Waals surface area contributed by atoms with Gasteiger partial charge < -0.3 is 15.1 Å². The number of hydrogen-bond donors (Lipinski definition) is 3. The quantitative estimate of drug-likeness (QED) is 0.392. The van der Waals surface area contributed by atoms with Crippen molar-refractivity contribution in [3.05, 3.63) is 95.7 Å². The first-order valence-electron chi connectivity index (χ1n) is 9.57. The third-order valence-electron chi connectivity index (χ3n) is 4.56. The molecule has 0 spiro atoms. The molecule has 6 nitrogen and oxygen atoms in total. The van der Waals surface area contributed by atoms with E-state index in [1.54, 1.807) is 42.5 Å². The van der Waals surface area contributed by atoms with Gasteiger partial charge >= 0.3 is 0 Å². The lowest BCUT2D eigenvalue weighted by molar-refractivity contribution is 0.0975. The van der Waals surface area contributed by atoms with Gasteiger partial charge in [-0.2, -0.15) is 0 Å². The Bertz CT molecular complexity index is 1250. The molecule has 4 aromatic rings. The smallest absolute Gasteiger partial charge is 0.291 e. The van der Waals surface area contributed by atoms with Crippen molar-refractivity contribution >= 4 is 51.5 Å². The first kappa shape index (κ1) is 20.3. The Morgan fingerprint density at radius 1 is 0.806 bits per heavy atom. The molecule has 0 fully saturated rings. The van der Waals surface area contributed by atoms with Gasteiger partial charge in [0.15, 0.2) is 10.9 Å². The average Bonchev–Trinajstić information content (AvgIpc) is 3.19. The lowest BCUT2D eigenvalue weighted by Gasteiger charge is -2.11. The fraction of sp³-hybridized carbons (Fsp3) is 0.0417. The molecule has 1 aromatic heterocycles. The van der Waals surface area contributed by atoms with Gasteiger partial charge in [-0.3, -0.25) is 14.9 Å². The second kappa shape index (κ2) is 8.81. The van der Waals surface area contributed by atoms with Crippen molar-refractivity contribution in [3.8, 4) is 0 Å². The highest BCUT2D eigenvalue weighted by atomic mass is 32.1. The Kier molecular flexibility index (Phi) is 5.77. The molecule has 2 amide bonds. The number of carbonyl (C=O) groups excluding carboxylic acids is 2. The van der Waals surface area contributed by atoms with Crippen molar-refractivity contribution in [2.24, 2.45) is 0 Å². The van der Waals surface area contributed by atoms with Crippen molar-refractivity contribution in [2.45, 2.75) is 6.92 Å². The second-order valence-electron chi connectivity index (χ2n) is 6.96. The molecule has 0 saturated carbocycles. The van der Waals surface area contributed by atoms with Crippen LogP contribution in [0, 0.1) is 6.92 Å². The van der Waals surface area contributed by atoms with E-state index in [1.807, 2.05) is 43.3 Å². The molecule has 0 aliphatic rings. The van der Waals surface area contributed by atoms with Crippen molar-refractivity contribution in [1.29, 1.82) is 0 Å². The van der Waals surface area contributed by atoms with Crippen LogP contribution in [0.3, 0.4) is 0 Å². The standard InChI is InChI=1S/C24H19N3O3S/c1-15-5-4-7-17(13-15)22(28)27-24(31)26-19-11-9-18(10-12-19)25-23(29)21-14-16-6-2-3-8-20(16)30-21/h2-14H,1H3,(H,25,29)(H2,26,27,28,31). The fourth-order valence-corrected chi connectivity index (χ4v) is 3.26.